The van der Waals surface area contributed by atoms with E-state index in [2.05, 4.69) is 72.1 Å². The van der Waals surface area contributed by atoms with Gasteiger partial charge in [-0.05, 0) is 42.9 Å². The first-order chi connectivity index (χ1) is 7.68. The number of hydrogen-bond acceptors (Lipinski definition) is 0. The molecule has 0 bridgehead atoms. The van der Waals surface area contributed by atoms with Gasteiger partial charge in [-0.3, -0.25) is 0 Å². The molecule has 0 aliphatic carbocycles. The Morgan fingerprint density at radius 1 is 1.00 bits per heavy atom. The van der Waals surface area contributed by atoms with Crippen molar-refractivity contribution >= 4 is 0 Å². The fourth-order valence-corrected chi connectivity index (χ4v) is 1.35. The Hall–Kier alpha value is -1.30. The van der Waals surface area contributed by atoms with Gasteiger partial charge in [-0.2, -0.15) is 0 Å². The van der Waals surface area contributed by atoms with Gasteiger partial charge in [0.15, 0.2) is 0 Å². The summed E-state index contributed by atoms with van der Waals surface area (Å²) in [7, 11) is 0. The van der Waals surface area contributed by atoms with Gasteiger partial charge in [0.2, 0.25) is 0 Å². The molecular formula is C17H26. The van der Waals surface area contributed by atoms with Crippen molar-refractivity contribution in [2.75, 3.05) is 0 Å². The van der Waals surface area contributed by atoms with Crippen molar-refractivity contribution in [3.63, 3.8) is 0 Å². The molecule has 0 radical (unpaired) electrons. The summed E-state index contributed by atoms with van der Waals surface area (Å²) in [6, 6.07) is 0. The van der Waals surface area contributed by atoms with Crippen LogP contribution in [0.2, 0.25) is 0 Å². The normalized spacial score (nSPS) is 14.2. The van der Waals surface area contributed by atoms with E-state index in [1.54, 1.807) is 0 Å². The summed E-state index contributed by atoms with van der Waals surface area (Å²) in [5, 5.41) is 0. The molecule has 0 heteroatoms. The molecular weight excluding hydrogens is 204 g/mol. The van der Waals surface area contributed by atoms with E-state index in [0.29, 0.717) is 0 Å². The highest BCUT2D eigenvalue weighted by Gasteiger charge is 2.11. The quantitative estimate of drug-likeness (QED) is 0.550. The fraction of sp³-hybridized carbons (Fsp3) is 0.412. The zero-order valence-corrected chi connectivity index (χ0v) is 12.2. The van der Waals surface area contributed by atoms with Crippen LogP contribution in [0, 0.1) is 5.41 Å². The molecule has 0 N–H and O–H groups in total. The summed E-state index contributed by atoms with van der Waals surface area (Å²) < 4.78 is 0. The van der Waals surface area contributed by atoms with Gasteiger partial charge in [-0.25, -0.2) is 0 Å². The predicted molar refractivity (Wildman–Crippen MR) is 80.1 cm³/mol. The molecule has 0 nitrogen and oxygen atoms in total. The summed E-state index contributed by atoms with van der Waals surface area (Å²) >= 11 is 0. The van der Waals surface area contributed by atoms with Crippen LogP contribution in [-0.2, 0) is 0 Å². The SMILES string of the molecule is C=C(C)/C=C(C)/C(/C=C\C(=C)C(C)(C)C)=C/C. The van der Waals surface area contributed by atoms with E-state index in [0.717, 1.165) is 11.1 Å². The van der Waals surface area contributed by atoms with Crippen LogP contribution in [0.25, 0.3) is 0 Å². The molecule has 94 valence electrons. The molecule has 0 heterocycles. The van der Waals surface area contributed by atoms with Gasteiger partial charge in [0.1, 0.15) is 0 Å². The highest BCUT2D eigenvalue weighted by molar-refractivity contribution is 5.43. The lowest BCUT2D eigenvalue weighted by atomic mass is 9.87. The predicted octanol–water partition coefficient (Wildman–Crippen LogP) is 5.61. The first kappa shape index (κ1) is 15.7. The van der Waals surface area contributed by atoms with Crippen LogP contribution in [0.4, 0.5) is 0 Å². The second kappa shape index (κ2) is 6.44. The highest BCUT2D eigenvalue weighted by Crippen LogP contribution is 2.25. The second-order valence-electron chi connectivity index (χ2n) is 5.53. The van der Waals surface area contributed by atoms with Gasteiger partial charge >= 0.3 is 0 Å². The molecule has 17 heavy (non-hydrogen) atoms. The lowest BCUT2D eigenvalue weighted by Gasteiger charge is -2.18. The van der Waals surface area contributed by atoms with Crippen molar-refractivity contribution in [1.29, 1.82) is 0 Å². The van der Waals surface area contributed by atoms with Crippen LogP contribution in [0.5, 0.6) is 0 Å². The zero-order chi connectivity index (χ0) is 13.6. The van der Waals surface area contributed by atoms with Crippen molar-refractivity contribution in [3.05, 3.63) is 59.8 Å². The molecule has 0 aromatic heterocycles. The molecule has 0 spiro atoms. The van der Waals surface area contributed by atoms with Crippen molar-refractivity contribution in [1.82, 2.24) is 0 Å². The molecule has 0 saturated heterocycles. The molecule has 0 aliphatic heterocycles. The van der Waals surface area contributed by atoms with Crippen LogP contribution < -0.4 is 0 Å². The molecule has 0 aliphatic rings. The minimum atomic E-state index is 0.126. The Morgan fingerprint density at radius 3 is 1.88 bits per heavy atom. The average molecular weight is 230 g/mol. The Balaban J connectivity index is 4.93. The molecule has 0 amide bonds. The van der Waals surface area contributed by atoms with Gasteiger partial charge < -0.3 is 0 Å². The molecule has 0 atom stereocenters. The van der Waals surface area contributed by atoms with E-state index in [1.165, 1.54) is 11.1 Å². The lowest BCUT2D eigenvalue weighted by Crippen LogP contribution is -2.05. The summed E-state index contributed by atoms with van der Waals surface area (Å²) in [5.41, 5.74) is 4.79. The van der Waals surface area contributed by atoms with Gasteiger partial charge in [0.25, 0.3) is 0 Å². The number of rotatable bonds is 4. The first-order valence-electron chi connectivity index (χ1n) is 6.06. The third-order valence-corrected chi connectivity index (χ3v) is 2.66. The molecule has 0 saturated carbocycles. The Kier molecular flexibility index (Phi) is 5.95. The Labute approximate surface area is 107 Å². The smallest absolute Gasteiger partial charge is 0.0138 e. The monoisotopic (exact) mass is 230 g/mol. The van der Waals surface area contributed by atoms with Crippen LogP contribution in [0.3, 0.4) is 0 Å². The summed E-state index contributed by atoms with van der Waals surface area (Å²) in [4.78, 5) is 0. The minimum Gasteiger partial charge on any atom is -0.0961 e. The van der Waals surface area contributed by atoms with E-state index >= 15 is 0 Å². The van der Waals surface area contributed by atoms with Crippen molar-refractivity contribution < 1.29 is 0 Å². The summed E-state index contributed by atoms with van der Waals surface area (Å²) in [6.45, 7) is 20.7. The largest absolute Gasteiger partial charge is 0.0961 e. The standard InChI is InChI=1S/C17H26/c1-9-16(14(4)12-13(2)3)11-10-15(5)17(6,7)8/h9-12H,2,5H2,1,3-4,6-8H3/b11-10-,14-12+,16-9+. The summed E-state index contributed by atoms with van der Waals surface area (Å²) in [5.74, 6) is 0. The second-order valence-corrected chi connectivity index (χ2v) is 5.53. The van der Waals surface area contributed by atoms with E-state index in [4.69, 9.17) is 0 Å². The third-order valence-electron chi connectivity index (χ3n) is 2.66. The topological polar surface area (TPSA) is 0 Å². The van der Waals surface area contributed by atoms with Crippen LogP contribution in [0.15, 0.2) is 59.8 Å². The summed E-state index contributed by atoms with van der Waals surface area (Å²) in [6.07, 6.45) is 8.44. The third kappa shape index (κ3) is 6.11. The van der Waals surface area contributed by atoms with E-state index in [1.807, 2.05) is 6.92 Å². The number of hydrogen-bond donors (Lipinski definition) is 0. The van der Waals surface area contributed by atoms with Gasteiger partial charge in [-0.1, -0.05) is 63.8 Å². The maximum atomic E-state index is 4.10. The highest BCUT2D eigenvalue weighted by atomic mass is 14.2. The molecule has 0 unspecified atom stereocenters. The van der Waals surface area contributed by atoms with Crippen LogP contribution >= 0.6 is 0 Å². The maximum Gasteiger partial charge on any atom is -0.0138 e. The van der Waals surface area contributed by atoms with Crippen LogP contribution in [0.1, 0.15) is 41.5 Å². The fourth-order valence-electron chi connectivity index (χ4n) is 1.35. The van der Waals surface area contributed by atoms with E-state index in [9.17, 15) is 0 Å². The zero-order valence-electron chi connectivity index (χ0n) is 12.2. The average Bonchev–Trinajstić information content (AvgIpc) is 2.15. The van der Waals surface area contributed by atoms with E-state index < -0.39 is 0 Å². The molecule has 0 aromatic carbocycles. The molecule has 0 fully saturated rings. The van der Waals surface area contributed by atoms with Crippen molar-refractivity contribution in [2.24, 2.45) is 5.41 Å². The number of allylic oxidation sites excluding steroid dienone is 8. The van der Waals surface area contributed by atoms with Gasteiger partial charge in [0.05, 0.1) is 0 Å². The first-order valence-corrected chi connectivity index (χ1v) is 6.06. The van der Waals surface area contributed by atoms with Crippen molar-refractivity contribution in [2.45, 2.75) is 41.5 Å². The van der Waals surface area contributed by atoms with Gasteiger partial charge in [0, 0.05) is 0 Å². The van der Waals surface area contributed by atoms with Gasteiger partial charge in [-0.15, -0.1) is 0 Å². The van der Waals surface area contributed by atoms with Crippen LogP contribution in [-0.4, -0.2) is 0 Å². The maximum absolute atomic E-state index is 4.10. The van der Waals surface area contributed by atoms with Crippen molar-refractivity contribution in [3.8, 4) is 0 Å². The Morgan fingerprint density at radius 2 is 1.53 bits per heavy atom. The van der Waals surface area contributed by atoms with E-state index in [-0.39, 0.29) is 5.41 Å². The molecule has 0 aromatic rings. The minimum absolute atomic E-state index is 0.126. The molecule has 0 rings (SSSR count). The lowest BCUT2D eigenvalue weighted by molar-refractivity contribution is 0.519. The Bertz CT molecular complexity index is 379.